The molecule has 0 atom stereocenters. The molecule has 0 saturated heterocycles. The van der Waals surface area contributed by atoms with Crippen LogP contribution in [0.3, 0.4) is 0 Å². The third-order valence-corrected chi connectivity index (χ3v) is 29.7. The molecule has 0 heterocycles. The van der Waals surface area contributed by atoms with Crippen molar-refractivity contribution in [3.05, 3.63) is 16.0 Å². The fourth-order valence-corrected chi connectivity index (χ4v) is 30.6. The molecule has 0 aliphatic heterocycles. The molecular formula is C81H132CeN9. The van der Waals surface area contributed by atoms with Gasteiger partial charge in [0.15, 0.2) is 0 Å². The van der Waals surface area contributed by atoms with Crippen molar-refractivity contribution in [3.63, 3.8) is 0 Å². The first-order valence-electron chi connectivity index (χ1n) is 40.2. The summed E-state index contributed by atoms with van der Waals surface area (Å²) in [5.74, 6) is 21.1. The summed E-state index contributed by atoms with van der Waals surface area (Å²) in [6.45, 7) is 27.1. The number of rotatable bonds is 12. The maximum atomic E-state index is 5.31. The first-order valence-corrected chi connectivity index (χ1v) is 40.2. The van der Waals surface area contributed by atoms with Crippen LogP contribution in [0.1, 0.15) is 314 Å². The molecule has 24 aliphatic carbocycles. The van der Waals surface area contributed by atoms with E-state index in [0.717, 1.165) is 107 Å². The first kappa shape index (κ1) is 66.1. The summed E-state index contributed by atoms with van der Waals surface area (Å²) in [4.78, 5) is 25.0. The van der Waals surface area contributed by atoms with Gasteiger partial charge >= 0.3 is 41.7 Å². The topological polar surface area (TPSA) is 89.1 Å². The SMILES string of the molecule is CC(C)N=C([N-]C(C)C)N(C12CC3CC(CC(C3)C1)C2)C12CC3CC(CC(C3)C1)C2.CC(C)N=C([N-]C(C)C)N(C12CC3CC(CC(C3)C1)C2)C12CC3CC(CC(C3)C1)C2.CC(C)N=C([N-]C(C)C)N(C12CC3CC(CC(C3)C1)C2)C12CC3CC(CC(C3)C1)C2.[Ce+3]. The molecule has 0 spiro atoms. The standard InChI is InChI=1S/3C27H44N3.Ce/c3*1-17(2)28-25(29-18(3)4)30(26-11-19-5-20(12-26)7-21(6-19)13-26)27-14-22-8-23(15-27)10-24(9-22)16-27;/h3*17-24H,5-16H2,1-4H3;/q3*-1;+3. The molecular weight excluding hydrogens is 1240 g/mol. The van der Waals surface area contributed by atoms with Gasteiger partial charge in [-0.2, -0.15) is 0 Å². The van der Waals surface area contributed by atoms with Crippen LogP contribution in [-0.2, 0) is 0 Å². The van der Waals surface area contributed by atoms with E-state index in [9.17, 15) is 0 Å². The van der Waals surface area contributed by atoms with Gasteiger partial charge in [-0.05, 0) is 407 Å². The van der Waals surface area contributed by atoms with E-state index in [-0.39, 0.29) is 41.7 Å². The van der Waals surface area contributed by atoms with E-state index in [4.69, 9.17) is 30.9 Å². The Kier molecular flexibility index (Phi) is 18.0. The number of guanidine groups is 3. The molecule has 24 rings (SSSR count). The summed E-state index contributed by atoms with van der Waals surface area (Å²) in [5.41, 5.74) is 2.21. The zero-order chi connectivity index (χ0) is 62.0. The van der Waals surface area contributed by atoms with Crippen molar-refractivity contribution in [2.24, 2.45) is 121 Å². The number of aliphatic imine (C=N–C) groups is 3. The van der Waals surface area contributed by atoms with Crippen LogP contribution in [0.5, 0.6) is 0 Å². The summed E-state index contributed by atoms with van der Waals surface area (Å²) >= 11 is 0. The predicted octanol–water partition coefficient (Wildman–Crippen LogP) is 20.3. The summed E-state index contributed by atoms with van der Waals surface area (Å²) in [6, 6.07) is 1.96. The maximum Gasteiger partial charge on any atom is 3.00 e. The van der Waals surface area contributed by atoms with E-state index in [1.807, 2.05) is 0 Å². The summed E-state index contributed by atoms with van der Waals surface area (Å²) < 4.78 is 0. The largest absolute Gasteiger partial charge is 3.00 e. The molecule has 1 radical (unpaired) electrons. The molecule has 91 heavy (non-hydrogen) atoms. The molecule has 0 N–H and O–H groups in total. The van der Waals surface area contributed by atoms with Crippen LogP contribution in [-0.4, -0.2) is 102 Å². The molecule has 0 unspecified atom stereocenters. The Labute approximate surface area is 590 Å². The number of hydrogen-bond donors (Lipinski definition) is 0. The fourth-order valence-electron chi connectivity index (χ4n) is 30.6. The maximum absolute atomic E-state index is 5.31. The van der Waals surface area contributed by atoms with Crippen LogP contribution >= 0.6 is 0 Å². The third kappa shape index (κ3) is 12.5. The van der Waals surface area contributed by atoms with Gasteiger partial charge < -0.3 is 45.6 Å². The zero-order valence-electron chi connectivity index (χ0n) is 60.3. The van der Waals surface area contributed by atoms with Crippen molar-refractivity contribution in [2.45, 2.75) is 384 Å². The van der Waals surface area contributed by atoms with Crippen molar-refractivity contribution in [1.29, 1.82) is 0 Å². The minimum Gasteiger partial charge on any atom is -0.414 e. The molecule has 24 saturated carbocycles. The van der Waals surface area contributed by atoms with Gasteiger partial charge in [0, 0.05) is 17.9 Å². The molecule has 0 aromatic carbocycles. The monoisotopic (exact) mass is 1370 g/mol. The van der Waals surface area contributed by atoms with Crippen molar-refractivity contribution in [2.75, 3.05) is 0 Å². The van der Waals surface area contributed by atoms with Crippen LogP contribution < -0.4 is 0 Å². The van der Waals surface area contributed by atoms with Crippen molar-refractivity contribution in [1.82, 2.24) is 14.7 Å². The van der Waals surface area contributed by atoms with Crippen molar-refractivity contribution in [3.8, 4) is 0 Å². The van der Waals surface area contributed by atoms with E-state index >= 15 is 0 Å². The van der Waals surface area contributed by atoms with E-state index in [1.165, 1.54) is 249 Å². The normalized spacial score (nSPS) is 48.3. The van der Waals surface area contributed by atoms with Gasteiger partial charge in [0.25, 0.3) is 0 Å². The van der Waals surface area contributed by atoms with Crippen molar-refractivity contribution >= 4 is 17.9 Å². The summed E-state index contributed by atoms with van der Waals surface area (Å²) in [5, 5.41) is 15.9. The summed E-state index contributed by atoms with van der Waals surface area (Å²) in [7, 11) is 0. The van der Waals surface area contributed by atoms with Gasteiger partial charge in [0.2, 0.25) is 0 Å². The van der Waals surface area contributed by atoms with Gasteiger partial charge in [0.05, 0.1) is 0 Å². The Bertz CT molecular complexity index is 2060. The van der Waals surface area contributed by atoms with Gasteiger partial charge in [-0.1, -0.05) is 83.1 Å². The molecule has 0 aromatic rings. The molecule has 9 nitrogen and oxygen atoms in total. The van der Waals surface area contributed by atoms with E-state index in [2.05, 4.69) is 97.8 Å². The average Bonchev–Trinajstić information content (AvgIpc) is 3.37. The quantitative estimate of drug-likeness (QED) is 0.144. The smallest absolute Gasteiger partial charge is 0.414 e. The second-order valence-electron chi connectivity index (χ2n) is 40.1. The molecule has 0 amide bonds. The van der Waals surface area contributed by atoms with Gasteiger partial charge in [0.1, 0.15) is 0 Å². The molecule has 24 bridgehead atoms. The minimum atomic E-state index is 0. The summed E-state index contributed by atoms with van der Waals surface area (Å²) in [6.07, 6.45) is 53.2. The van der Waals surface area contributed by atoms with Crippen LogP contribution in [0, 0.1) is 148 Å². The number of hydrogen-bond acceptors (Lipinski definition) is 3. The average molecular weight is 1370 g/mol. The predicted molar refractivity (Wildman–Crippen MR) is 374 cm³/mol. The van der Waals surface area contributed by atoms with Crippen LogP contribution in [0.15, 0.2) is 15.0 Å². The molecule has 10 heteroatoms. The molecule has 24 fully saturated rings. The van der Waals surface area contributed by atoms with E-state index < -0.39 is 0 Å². The van der Waals surface area contributed by atoms with E-state index in [1.54, 1.807) is 0 Å². The Morgan fingerprint density at radius 1 is 0.231 bits per heavy atom. The Morgan fingerprint density at radius 3 is 0.429 bits per heavy atom. The third-order valence-electron chi connectivity index (χ3n) is 29.7. The Hall–Kier alpha value is -0.813. The second kappa shape index (κ2) is 24.8. The molecule has 0 aromatic heterocycles. The molecule has 24 aliphatic rings. The van der Waals surface area contributed by atoms with Gasteiger partial charge in [-0.25, -0.2) is 0 Å². The fraction of sp³-hybridized carbons (Fsp3) is 0.963. The van der Waals surface area contributed by atoms with Gasteiger partial charge in [-0.3, -0.25) is 0 Å². The van der Waals surface area contributed by atoms with Crippen molar-refractivity contribution < 1.29 is 41.7 Å². The van der Waals surface area contributed by atoms with Crippen LogP contribution in [0.2, 0.25) is 0 Å². The molecule has 505 valence electrons. The van der Waals surface area contributed by atoms with E-state index in [0.29, 0.717) is 69.5 Å². The number of nitrogens with zero attached hydrogens (tertiary/aromatic N) is 9. The van der Waals surface area contributed by atoms with Crippen LogP contribution in [0.25, 0.3) is 16.0 Å². The van der Waals surface area contributed by atoms with Crippen LogP contribution in [0.4, 0.5) is 0 Å². The minimum absolute atomic E-state index is 0. The van der Waals surface area contributed by atoms with Gasteiger partial charge in [-0.15, -0.1) is 0 Å². The second-order valence-corrected chi connectivity index (χ2v) is 40.1. The first-order chi connectivity index (χ1) is 43.0. The zero-order valence-corrected chi connectivity index (χ0v) is 63.5. The Balaban J connectivity index is 0.000000113. The Morgan fingerprint density at radius 2 is 0.341 bits per heavy atom.